The molecular formula is C16H14N4O4. The Morgan fingerprint density at radius 2 is 1.46 bits per heavy atom. The summed E-state index contributed by atoms with van der Waals surface area (Å²) in [4.78, 5) is 27.1. The van der Waals surface area contributed by atoms with Crippen molar-refractivity contribution in [3.8, 4) is 0 Å². The summed E-state index contributed by atoms with van der Waals surface area (Å²) in [6.45, 7) is 1.97. The van der Waals surface area contributed by atoms with Crippen molar-refractivity contribution in [3.63, 3.8) is 0 Å². The number of benzene rings is 2. The molecule has 1 aliphatic heterocycles. The van der Waals surface area contributed by atoms with Gasteiger partial charge in [-0.3, -0.25) is 25.2 Å². The second kappa shape index (κ2) is 6.45. The van der Waals surface area contributed by atoms with Crippen molar-refractivity contribution in [1.29, 1.82) is 0 Å². The van der Waals surface area contributed by atoms with Gasteiger partial charge in [-0.05, 0) is 17.7 Å². The Kier molecular flexibility index (Phi) is 4.19. The van der Waals surface area contributed by atoms with Gasteiger partial charge in [0, 0.05) is 42.9 Å². The van der Waals surface area contributed by atoms with Gasteiger partial charge < -0.3 is 4.90 Å². The average molecular weight is 326 g/mol. The molecule has 8 heteroatoms. The van der Waals surface area contributed by atoms with Crippen molar-refractivity contribution in [2.75, 3.05) is 13.1 Å². The van der Waals surface area contributed by atoms with Crippen LogP contribution in [0.2, 0.25) is 0 Å². The third-order valence-electron chi connectivity index (χ3n) is 3.79. The minimum absolute atomic E-state index is 0.0410. The molecule has 0 bridgehead atoms. The Balaban J connectivity index is 1.75. The monoisotopic (exact) mass is 326 g/mol. The zero-order chi connectivity index (χ0) is 17.1. The van der Waals surface area contributed by atoms with Crippen LogP contribution in [0.1, 0.15) is 11.1 Å². The molecule has 0 spiro atoms. The van der Waals surface area contributed by atoms with Gasteiger partial charge in [0.2, 0.25) is 0 Å². The van der Waals surface area contributed by atoms with Crippen LogP contribution >= 0.6 is 0 Å². The molecular weight excluding hydrogens is 312 g/mol. The highest BCUT2D eigenvalue weighted by Gasteiger charge is 2.20. The third kappa shape index (κ3) is 3.22. The fraction of sp³-hybridized carbons (Fsp3) is 0.188. The lowest BCUT2D eigenvalue weighted by atomic mass is 10.1. The second-order valence-electron chi connectivity index (χ2n) is 5.35. The lowest BCUT2D eigenvalue weighted by molar-refractivity contribution is -0.385. The highest BCUT2D eigenvalue weighted by atomic mass is 16.6. The first-order valence-electron chi connectivity index (χ1n) is 7.32. The Morgan fingerprint density at radius 1 is 0.917 bits per heavy atom. The fourth-order valence-corrected chi connectivity index (χ4v) is 2.59. The van der Waals surface area contributed by atoms with Gasteiger partial charge in [0.25, 0.3) is 11.4 Å². The summed E-state index contributed by atoms with van der Waals surface area (Å²) in [7, 11) is 0. The molecule has 0 aliphatic carbocycles. The van der Waals surface area contributed by atoms with E-state index in [9.17, 15) is 20.2 Å². The van der Waals surface area contributed by atoms with Crippen molar-refractivity contribution in [2.24, 2.45) is 4.99 Å². The van der Waals surface area contributed by atoms with Gasteiger partial charge in [-0.2, -0.15) is 0 Å². The van der Waals surface area contributed by atoms with Crippen LogP contribution in [0.3, 0.4) is 0 Å². The Morgan fingerprint density at radius 3 is 2.00 bits per heavy atom. The minimum atomic E-state index is -0.436. The van der Waals surface area contributed by atoms with Crippen LogP contribution in [-0.4, -0.2) is 33.7 Å². The first-order chi connectivity index (χ1) is 11.5. The van der Waals surface area contributed by atoms with Crippen molar-refractivity contribution < 1.29 is 9.85 Å². The molecule has 2 aromatic carbocycles. The standard InChI is InChI=1S/C16H14N4O4/c21-19(22)14-5-1-12(2-6-14)11-18-10-9-17-16(18)13-3-7-15(8-4-13)20(23)24/h1-8H,9-11H2. The van der Waals surface area contributed by atoms with E-state index in [1.807, 2.05) is 0 Å². The summed E-state index contributed by atoms with van der Waals surface area (Å²) in [5.74, 6) is 0.781. The molecule has 0 fully saturated rings. The lowest BCUT2D eigenvalue weighted by Gasteiger charge is -2.20. The molecule has 0 unspecified atom stereocenters. The Labute approximate surface area is 137 Å². The summed E-state index contributed by atoms with van der Waals surface area (Å²) >= 11 is 0. The molecule has 0 aromatic heterocycles. The summed E-state index contributed by atoms with van der Waals surface area (Å²) in [6.07, 6.45) is 0. The van der Waals surface area contributed by atoms with Crippen LogP contribution in [0.15, 0.2) is 53.5 Å². The van der Waals surface area contributed by atoms with Gasteiger partial charge in [0.05, 0.1) is 16.4 Å². The van der Waals surface area contributed by atoms with E-state index in [-0.39, 0.29) is 11.4 Å². The summed E-state index contributed by atoms with van der Waals surface area (Å²) in [5.41, 5.74) is 1.86. The van der Waals surface area contributed by atoms with Crippen LogP contribution in [-0.2, 0) is 6.54 Å². The quantitative estimate of drug-likeness (QED) is 0.621. The molecule has 1 heterocycles. The maximum atomic E-state index is 10.7. The molecule has 0 amide bonds. The summed E-state index contributed by atoms with van der Waals surface area (Å²) in [6, 6.07) is 12.7. The first-order valence-corrected chi connectivity index (χ1v) is 7.32. The molecule has 2 aromatic rings. The number of non-ortho nitro benzene ring substituents is 2. The molecule has 0 radical (unpaired) electrons. The molecule has 0 saturated carbocycles. The van der Waals surface area contributed by atoms with Crippen LogP contribution < -0.4 is 0 Å². The van der Waals surface area contributed by atoms with E-state index in [0.717, 1.165) is 23.5 Å². The van der Waals surface area contributed by atoms with Gasteiger partial charge in [-0.15, -0.1) is 0 Å². The number of nitro groups is 2. The van der Waals surface area contributed by atoms with Crippen LogP contribution in [0.25, 0.3) is 0 Å². The van der Waals surface area contributed by atoms with Gasteiger partial charge in [-0.25, -0.2) is 0 Å². The molecule has 8 nitrogen and oxygen atoms in total. The van der Waals surface area contributed by atoms with Crippen LogP contribution in [0.5, 0.6) is 0 Å². The molecule has 0 atom stereocenters. The zero-order valence-electron chi connectivity index (χ0n) is 12.7. The van der Waals surface area contributed by atoms with Gasteiger partial charge in [-0.1, -0.05) is 12.1 Å². The van der Waals surface area contributed by atoms with Gasteiger partial charge in [0.1, 0.15) is 5.84 Å². The zero-order valence-corrected chi connectivity index (χ0v) is 12.7. The third-order valence-corrected chi connectivity index (χ3v) is 3.79. The van der Waals surface area contributed by atoms with E-state index in [2.05, 4.69) is 9.89 Å². The Hall–Kier alpha value is -3.29. The minimum Gasteiger partial charge on any atom is -0.350 e. The fourth-order valence-electron chi connectivity index (χ4n) is 2.59. The largest absolute Gasteiger partial charge is 0.350 e. The molecule has 0 saturated heterocycles. The average Bonchev–Trinajstić information content (AvgIpc) is 3.03. The molecule has 3 rings (SSSR count). The van der Waals surface area contributed by atoms with E-state index in [1.165, 1.54) is 24.3 Å². The number of rotatable bonds is 5. The van der Waals surface area contributed by atoms with Crippen molar-refractivity contribution >= 4 is 17.2 Å². The van der Waals surface area contributed by atoms with E-state index in [4.69, 9.17) is 0 Å². The number of hydrogen-bond donors (Lipinski definition) is 0. The predicted octanol–water partition coefficient (Wildman–Crippen LogP) is 2.77. The van der Waals surface area contributed by atoms with Crippen LogP contribution in [0, 0.1) is 20.2 Å². The molecule has 0 N–H and O–H groups in total. The lowest BCUT2D eigenvalue weighted by Crippen LogP contribution is -2.27. The van der Waals surface area contributed by atoms with Crippen LogP contribution in [0.4, 0.5) is 11.4 Å². The highest BCUT2D eigenvalue weighted by Crippen LogP contribution is 2.19. The number of nitro benzene ring substituents is 2. The number of amidine groups is 1. The first kappa shape index (κ1) is 15.6. The Bertz CT molecular complexity index is 800. The summed E-state index contributed by atoms with van der Waals surface area (Å²) in [5, 5.41) is 21.4. The SMILES string of the molecule is O=[N+]([O-])c1ccc(CN2CCN=C2c2ccc([N+](=O)[O-])cc2)cc1. The predicted molar refractivity (Wildman–Crippen MR) is 88.0 cm³/mol. The van der Waals surface area contributed by atoms with Crippen molar-refractivity contribution in [3.05, 3.63) is 79.9 Å². The summed E-state index contributed by atoms with van der Waals surface area (Å²) < 4.78 is 0. The smallest absolute Gasteiger partial charge is 0.269 e. The van der Waals surface area contributed by atoms with E-state index in [0.29, 0.717) is 13.1 Å². The molecule has 122 valence electrons. The molecule has 24 heavy (non-hydrogen) atoms. The normalized spacial score (nSPS) is 13.7. The maximum Gasteiger partial charge on any atom is 0.269 e. The molecule has 1 aliphatic rings. The van der Waals surface area contributed by atoms with E-state index < -0.39 is 9.85 Å². The second-order valence-corrected chi connectivity index (χ2v) is 5.35. The van der Waals surface area contributed by atoms with Crippen molar-refractivity contribution in [2.45, 2.75) is 6.54 Å². The van der Waals surface area contributed by atoms with Gasteiger partial charge >= 0.3 is 0 Å². The number of hydrogen-bond acceptors (Lipinski definition) is 6. The topological polar surface area (TPSA) is 102 Å². The van der Waals surface area contributed by atoms with E-state index >= 15 is 0 Å². The maximum absolute atomic E-state index is 10.7. The van der Waals surface area contributed by atoms with E-state index in [1.54, 1.807) is 24.3 Å². The van der Waals surface area contributed by atoms with Gasteiger partial charge in [0.15, 0.2) is 0 Å². The number of nitrogens with zero attached hydrogens (tertiary/aromatic N) is 4. The highest BCUT2D eigenvalue weighted by molar-refractivity contribution is 5.99. The van der Waals surface area contributed by atoms with Crippen molar-refractivity contribution in [1.82, 2.24) is 4.90 Å². The number of aliphatic imine (C=N–C) groups is 1.